The van der Waals surface area contributed by atoms with Gasteiger partial charge in [-0.3, -0.25) is 5.32 Å². The van der Waals surface area contributed by atoms with Crippen LogP contribution >= 0.6 is 23.2 Å². The van der Waals surface area contributed by atoms with Crippen molar-refractivity contribution in [1.29, 1.82) is 0 Å². The number of hydrogen-bond donors (Lipinski definition) is 1. The highest BCUT2D eigenvalue weighted by atomic mass is 35.5. The number of halogens is 5. The topological polar surface area (TPSA) is 54.5 Å². The lowest BCUT2D eigenvalue weighted by Gasteiger charge is -2.20. The van der Waals surface area contributed by atoms with E-state index >= 15 is 0 Å². The molecule has 140 valence electrons. The monoisotopic (exact) mass is 407 g/mol. The second-order valence-electron chi connectivity index (χ2n) is 5.22. The van der Waals surface area contributed by atoms with Crippen LogP contribution in [-0.2, 0) is 10.9 Å². The molecule has 5 nitrogen and oxygen atoms in total. The van der Waals surface area contributed by atoms with E-state index in [-0.39, 0.29) is 24.0 Å². The molecule has 1 aromatic heterocycles. The Morgan fingerprint density at radius 2 is 1.92 bits per heavy atom. The Kier molecular flexibility index (Phi) is 6.55. The van der Waals surface area contributed by atoms with Crippen molar-refractivity contribution in [3.05, 3.63) is 52.1 Å². The van der Waals surface area contributed by atoms with Gasteiger partial charge in [0, 0.05) is 24.0 Å². The van der Waals surface area contributed by atoms with Gasteiger partial charge in [0.05, 0.1) is 17.1 Å². The van der Waals surface area contributed by atoms with Crippen LogP contribution in [0.2, 0.25) is 10.0 Å². The van der Waals surface area contributed by atoms with Crippen LogP contribution in [0.3, 0.4) is 0 Å². The van der Waals surface area contributed by atoms with Crippen LogP contribution in [0.5, 0.6) is 0 Å². The van der Waals surface area contributed by atoms with E-state index in [1.807, 2.05) is 0 Å². The third-order valence-corrected chi connectivity index (χ3v) is 3.79. The molecule has 1 aromatic carbocycles. The zero-order valence-electron chi connectivity index (χ0n) is 13.5. The molecule has 0 saturated carbocycles. The van der Waals surface area contributed by atoms with E-state index < -0.39 is 17.8 Å². The highest BCUT2D eigenvalue weighted by Gasteiger charge is 2.31. The number of benzene rings is 1. The Bertz CT molecular complexity index is 770. The van der Waals surface area contributed by atoms with Crippen LogP contribution in [0.15, 0.2) is 36.5 Å². The Balaban J connectivity index is 1.85. The number of likely N-dealkylation sites (N-methyl/N-ethyl adjacent to an activating group) is 1. The molecule has 0 saturated heterocycles. The molecule has 1 heterocycles. The summed E-state index contributed by atoms with van der Waals surface area (Å²) in [5.41, 5.74) is -0.418. The molecule has 1 N–H and O–H groups in total. The minimum absolute atomic E-state index is 0.0189. The van der Waals surface area contributed by atoms with Gasteiger partial charge in [-0.2, -0.15) is 13.2 Å². The molecule has 2 aromatic rings. The van der Waals surface area contributed by atoms with Gasteiger partial charge in [0.25, 0.3) is 0 Å². The van der Waals surface area contributed by atoms with E-state index in [1.165, 1.54) is 4.90 Å². The van der Waals surface area contributed by atoms with E-state index in [1.54, 1.807) is 31.3 Å². The largest absolute Gasteiger partial charge is 0.447 e. The van der Waals surface area contributed by atoms with Crippen LogP contribution in [0.25, 0.3) is 0 Å². The first-order valence-electron chi connectivity index (χ1n) is 7.30. The van der Waals surface area contributed by atoms with Gasteiger partial charge in [-0.1, -0.05) is 23.2 Å². The summed E-state index contributed by atoms with van der Waals surface area (Å²) in [6.45, 7) is 0.168. The molecule has 0 atom stereocenters. The van der Waals surface area contributed by atoms with Crippen molar-refractivity contribution in [2.75, 3.05) is 30.4 Å². The molecule has 0 fully saturated rings. The lowest BCUT2D eigenvalue weighted by atomic mass is 10.2. The molecule has 0 radical (unpaired) electrons. The normalized spacial score (nSPS) is 11.2. The summed E-state index contributed by atoms with van der Waals surface area (Å²) >= 11 is 11.6. The molecule has 0 aliphatic heterocycles. The fourth-order valence-corrected chi connectivity index (χ4v) is 2.37. The minimum Gasteiger partial charge on any atom is -0.447 e. The fourth-order valence-electron chi connectivity index (χ4n) is 1.93. The molecular weight excluding hydrogens is 394 g/mol. The lowest BCUT2D eigenvalue weighted by Crippen LogP contribution is -2.26. The van der Waals surface area contributed by atoms with E-state index in [4.69, 9.17) is 27.9 Å². The smallest absolute Gasteiger partial charge is 0.417 e. The van der Waals surface area contributed by atoms with Gasteiger partial charge in [0.15, 0.2) is 0 Å². The van der Waals surface area contributed by atoms with Crippen molar-refractivity contribution >= 4 is 40.8 Å². The van der Waals surface area contributed by atoms with Crippen molar-refractivity contribution in [3.8, 4) is 0 Å². The second-order valence-corrected chi connectivity index (χ2v) is 6.06. The van der Waals surface area contributed by atoms with Crippen molar-refractivity contribution in [2.24, 2.45) is 0 Å². The maximum Gasteiger partial charge on any atom is 0.417 e. The van der Waals surface area contributed by atoms with Gasteiger partial charge in [-0.25, -0.2) is 9.78 Å². The Morgan fingerprint density at radius 3 is 2.50 bits per heavy atom. The van der Waals surface area contributed by atoms with Crippen LogP contribution in [-0.4, -0.2) is 31.3 Å². The predicted octanol–water partition coefficient (Wildman–Crippen LogP) is 5.09. The molecule has 1 amide bonds. The van der Waals surface area contributed by atoms with E-state index in [2.05, 4.69) is 10.3 Å². The number of ether oxygens (including phenoxy) is 1. The summed E-state index contributed by atoms with van der Waals surface area (Å²) < 4.78 is 42.8. The molecule has 26 heavy (non-hydrogen) atoms. The van der Waals surface area contributed by atoms with Crippen molar-refractivity contribution in [3.63, 3.8) is 0 Å². The first-order valence-corrected chi connectivity index (χ1v) is 8.05. The second kappa shape index (κ2) is 8.46. The number of anilines is 2. The zero-order chi connectivity index (χ0) is 19.3. The summed E-state index contributed by atoms with van der Waals surface area (Å²) in [6.07, 6.45) is -4.49. The van der Waals surface area contributed by atoms with Gasteiger partial charge >= 0.3 is 12.3 Å². The summed E-state index contributed by atoms with van der Waals surface area (Å²) in [5, 5.41) is 2.90. The molecule has 0 spiro atoms. The third-order valence-electron chi connectivity index (χ3n) is 3.26. The number of nitrogens with zero attached hydrogens (tertiary/aromatic N) is 2. The number of nitrogens with one attached hydrogen (secondary N) is 1. The molecule has 10 heteroatoms. The number of aromatic nitrogens is 1. The summed E-state index contributed by atoms with van der Waals surface area (Å²) in [6, 6.07) is 7.25. The fraction of sp³-hybridized carbons (Fsp3) is 0.250. The molecule has 0 unspecified atom stereocenters. The Hall–Kier alpha value is -2.19. The van der Waals surface area contributed by atoms with Gasteiger partial charge in [0.2, 0.25) is 0 Å². The summed E-state index contributed by atoms with van der Waals surface area (Å²) in [5.74, 6) is 0.154. The maximum atomic E-state index is 12.6. The average Bonchev–Trinajstić information content (AvgIpc) is 2.56. The van der Waals surface area contributed by atoms with E-state index in [0.29, 0.717) is 16.9 Å². The van der Waals surface area contributed by atoms with Crippen LogP contribution < -0.4 is 10.2 Å². The molecule has 0 bridgehead atoms. The Morgan fingerprint density at radius 1 is 1.27 bits per heavy atom. The summed E-state index contributed by atoms with van der Waals surface area (Å²) in [4.78, 5) is 16.9. The summed E-state index contributed by atoms with van der Waals surface area (Å²) in [7, 11) is 1.57. The number of pyridine rings is 1. The molecule has 0 aliphatic rings. The number of amides is 1. The highest BCUT2D eigenvalue weighted by molar-refractivity contribution is 6.33. The first-order chi connectivity index (χ1) is 12.2. The average molecular weight is 408 g/mol. The van der Waals surface area contributed by atoms with Crippen LogP contribution in [0.4, 0.5) is 29.5 Å². The third kappa shape index (κ3) is 5.67. The van der Waals surface area contributed by atoms with Gasteiger partial charge in [-0.05, 0) is 30.3 Å². The lowest BCUT2D eigenvalue weighted by molar-refractivity contribution is -0.137. The maximum absolute atomic E-state index is 12.6. The molecular formula is C16H14Cl2F3N3O2. The van der Waals surface area contributed by atoms with Crippen LogP contribution in [0, 0.1) is 0 Å². The van der Waals surface area contributed by atoms with E-state index in [9.17, 15) is 18.0 Å². The predicted molar refractivity (Wildman–Crippen MR) is 93.9 cm³/mol. The molecule has 0 aliphatic carbocycles. The zero-order valence-corrected chi connectivity index (χ0v) is 15.0. The Labute approximate surface area is 157 Å². The van der Waals surface area contributed by atoms with Gasteiger partial charge in [-0.15, -0.1) is 0 Å². The van der Waals surface area contributed by atoms with E-state index in [0.717, 1.165) is 6.07 Å². The van der Waals surface area contributed by atoms with Crippen molar-refractivity contribution < 1.29 is 22.7 Å². The quantitative estimate of drug-likeness (QED) is 0.749. The first kappa shape index (κ1) is 20.1. The van der Waals surface area contributed by atoms with Gasteiger partial charge in [0.1, 0.15) is 12.4 Å². The number of hydrogen-bond acceptors (Lipinski definition) is 4. The number of alkyl halides is 3. The molecule has 2 rings (SSSR count). The number of carbonyl (C=O) groups excluding carboxylic acids is 1. The number of carbonyl (C=O) groups is 1. The number of rotatable bonds is 5. The minimum atomic E-state index is -4.52. The van der Waals surface area contributed by atoms with Crippen molar-refractivity contribution in [2.45, 2.75) is 6.18 Å². The SMILES string of the molecule is CN(CCOC(=O)Nc1ccc(Cl)cc1)c1ncc(C(F)(F)F)cc1Cl. The van der Waals surface area contributed by atoms with Crippen LogP contribution in [0.1, 0.15) is 5.56 Å². The van der Waals surface area contributed by atoms with Gasteiger partial charge < -0.3 is 9.64 Å². The van der Waals surface area contributed by atoms with Crippen molar-refractivity contribution in [1.82, 2.24) is 4.98 Å². The highest BCUT2D eigenvalue weighted by Crippen LogP contribution is 2.33. The standard InChI is InChI=1S/C16H14Cl2F3N3O2/c1-24(14-13(18)8-10(9-22-14)16(19,20)21)6-7-26-15(25)23-12-4-2-11(17)3-5-12/h2-5,8-9H,6-7H2,1H3,(H,23,25).